The third kappa shape index (κ3) is 5.23. The van der Waals surface area contributed by atoms with Crippen molar-refractivity contribution >= 4 is 39.8 Å². The van der Waals surface area contributed by atoms with E-state index in [9.17, 15) is 9.59 Å². The van der Waals surface area contributed by atoms with Crippen LogP contribution in [0.4, 0.5) is 0 Å². The third-order valence-electron chi connectivity index (χ3n) is 7.01. The van der Waals surface area contributed by atoms with Crippen LogP contribution in [0.5, 0.6) is 11.5 Å². The maximum Gasteiger partial charge on any atom is 0.343 e. The highest BCUT2D eigenvalue weighted by Crippen LogP contribution is 2.36. The molecule has 0 unspecified atom stereocenters. The Hall–Kier alpha value is -5.69. The summed E-state index contributed by atoms with van der Waals surface area (Å²) in [6, 6.07) is 34.2. The van der Waals surface area contributed by atoms with E-state index in [2.05, 4.69) is 21.6 Å². The molecule has 0 radical (unpaired) electrons. The lowest BCUT2D eigenvalue weighted by molar-refractivity contribution is 0.0729. The van der Waals surface area contributed by atoms with Crippen molar-refractivity contribution in [1.82, 2.24) is 10.4 Å². The number of hydrogen-bond donors (Lipinski definition) is 2. The number of nitrogens with one attached hydrogen (secondary N) is 2. The lowest BCUT2D eigenvalue weighted by Gasteiger charge is -2.10. The van der Waals surface area contributed by atoms with Crippen molar-refractivity contribution in [1.29, 1.82) is 0 Å². The van der Waals surface area contributed by atoms with Gasteiger partial charge in [-0.15, -0.1) is 0 Å². The van der Waals surface area contributed by atoms with E-state index in [0.29, 0.717) is 22.6 Å². The first-order chi connectivity index (χ1) is 20.5. The van der Waals surface area contributed by atoms with Crippen molar-refractivity contribution in [3.8, 4) is 22.6 Å². The Morgan fingerprint density at radius 2 is 1.62 bits per heavy atom. The molecule has 0 aliphatic heterocycles. The van der Waals surface area contributed by atoms with Gasteiger partial charge < -0.3 is 14.5 Å². The van der Waals surface area contributed by atoms with Gasteiger partial charge in [-0.05, 0) is 53.8 Å². The summed E-state index contributed by atoms with van der Waals surface area (Å²) in [7, 11) is 1.49. The summed E-state index contributed by atoms with van der Waals surface area (Å²) in [5.74, 6) is -0.213. The van der Waals surface area contributed by atoms with Gasteiger partial charge in [0.05, 0.1) is 24.4 Å². The van der Waals surface area contributed by atoms with E-state index >= 15 is 0 Å². The zero-order valence-corrected chi connectivity index (χ0v) is 23.0. The minimum absolute atomic E-state index is 0.281. The number of aromatic amines is 1. The molecular formula is C35H27N3O4. The van der Waals surface area contributed by atoms with Crippen LogP contribution in [0.15, 0.2) is 114 Å². The maximum atomic E-state index is 13.5. The first-order valence-corrected chi connectivity index (χ1v) is 13.4. The number of benzene rings is 5. The minimum atomic E-state index is -0.481. The SMILES string of the molecule is COc1cc(C=NNC(=O)c2[nH]c3c(ccc4ccccc43)c2-c2ccccc2)ccc1OC(=O)c1cccc(C)c1. The van der Waals surface area contributed by atoms with Gasteiger partial charge in [-0.3, -0.25) is 4.79 Å². The van der Waals surface area contributed by atoms with E-state index in [4.69, 9.17) is 9.47 Å². The number of methoxy groups -OCH3 is 1. The monoisotopic (exact) mass is 553 g/mol. The number of aryl methyl sites for hydroxylation is 1. The number of hydrazone groups is 1. The fraction of sp³-hybridized carbons (Fsp3) is 0.0571. The predicted molar refractivity (Wildman–Crippen MR) is 165 cm³/mol. The number of nitrogens with zero attached hydrogens (tertiary/aromatic N) is 1. The molecule has 0 aliphatic carbocycles. The smallest absolute Gasteiger partial charge is 0.343 e. The highest BCUT2D eigenvalue weighted by molar-refractivity contribution is 6.16. The molecule has 0 fully saturated rings. The van der Waals surface area contributed by atoms with Gasteiger partial charge in [0.1, 0.15) is 5.69 Å². The summed E-state index contributed by atoms with van der Waals surface area (Å²) < 4.78 is 11.0. The molecule has 0 saturated heterocycles. The highest BCUT2D eigenvalue weighted by atomic mass is 16.6. The van der Waals surface area contributed by atoms with Crippen LogP contribution in [0.2, 0.25) is 0 Å². The number of carbonyl (C=O) groups is 2. The van der Waals surface area contributed by atoms with Gasteiger partial charge in [0.2, 0.25) is 0 Å². The molecule has 2 N–H and O–H groups in total. The van der Waals surface area contributed by atoms with Crippen LogP contribution in [0.3, 0.4) is 0 Å². The molecule has 7 heteroatoms. The lowest BCUT2D eigenvalue weighted by Crippen LogP contribution is -2.18. The summed E-state index contributed by atoms with van der Waals surface area (Å²) in [4.78, 5) is 29.4. The number of esters is 1. The molecule has 206 valence electrons. The second-order valence-corrected chi connectivity index (χ2v) is 9.82. The number of fused-ring (bicyclic) bond motifs is 3. The molecule has 1 amide bonds. The zero-order valence-electron chi connectivity index (χ0n) is 23.0. The van der Waals surface area contributed by atoms with Gasteiger partial charge in [-0.2, -0.15) is 5.10 Å². The molecule has 5 aromatic carbocycles. The number of H-pyrrole nitrogens is 1. The second-order valence-electron chi connectivity index (χ2n) is 9.82. The standard InChI is InChI=1S/C35H27N3O4/c1-22-9-8-13-26(19-22)35(40)42-29-18-15-23(20-30(29)41-2)21-36-38-34(39)33-31(25-11-4-3-5-12-25)28-17-16-24-10-6-7-14-27(24)32(28)37-33/h3-21,37H,1-2H3,(H,38,39). The Kier molecular flexibility index (Phi) is 7.22. The molecule has 1 heterocycles. The van der Waals surface area contributed by atoms with E-state index in [-0.39, 0.29) is 11.7 Å². The maximum absolute atomic E-state index is 13.5. The van der Waals surface area contributed by atoms with Crippen LogP contribution in [0.1, 0.15) is 32.0 Å². The number of aromatic nitrogens is 1. The van der Waals surface area contributed by atoms with Gasteiger partial charge in [0.15, 0.2) is 11.5 Å². The molecule has 6 rings (SSSR count). The topological polar surface area (TPSA) is 92.8 Å². The van der Waals surface area contributed by atoms with E-state index in [0.717, 1.165) is 38.4 Å². The molecule has 0 aliphatic rings. The third-order valence-corrected chi connectivity index (χ3v) is 7.01. The molecule has 7 nitrogen and oxygen atoms in total. The van der Waals surface area contributed by atoms with Crippen LogP contribution in [0.25, 0.3) is 32.8 Å². The fourth-order valence-corrected chi connectivity index (χ4v) is 5.01. The van der Waals surface area contributed by atoms with E-state index < -0.39 is 5.97 Å². The van der Waals surface area contributed by atoms with E-state index in [1.54, 1.807) is 36.4 Å². The highest BCUT2D eigenvalue weighted by Gasteiger charge is 2.20. The normalized spacial score (nSPS) is 11.2. The second kappa shape index (κ2) is 11.4. The summed E-state index contributed by atoms with van der Waals surface area (Å²) in [5.41, 5.74) is 7.75. The lowest BCUT2D eigenvalue weighted by atomic mass is 9.99. The quantitative estimate of drug-likeness (QED) is 0.0940. The Bertz CT molecular complexity index is 1980. The summed E-state index contributed by atoms with van der Waals surface area (Å²) in [5, 5.41) is 7.27. The molecular weight excluding hydrogens is 526 g/mol. The molecule has 0 spiro atoms. The Morgan fingerprint density at radius 1 is 0.810 bits per heavy atom. The Balaban J connectivity index is 1.25. The predicted octanol–water partition coefficient (Wildman–Crippen LogP) is 7.29. The van der Waals surface area contributed by atoms with Crippen LogP contribution < -0.4 is 14.9 Å². The van der Waals surface area contributed by atoms with Crippen molar-refractivity contribution in [3.63, 3.8) is 0 Å². The first kappa shape index (κ1) is 26.5. The average molecular weight is 554 g/mol. The van der Waals surface area contributed by atoms with Gasteiger partial charge in [0.25, 0.3) is 5.91 Å². The number of rotatable bonds is 7. The Labute approximate surface area is 242 Å². The van der Waals surface area contributed by atoms with Crippen LogP contribution in [-0.2, 0) is 0 Å². The number of hydrogen-bond acceptors (Lipinski definition) is 5. The van der Waals surface area contributed by atoms with Crippen LogP contribution in [0, 0.1) is 6.92 Å². The molecule has 0 atom stereocenters. The summed E-state index contributed by atoms with van der Waals surface area (Å²) in [6.07, 6.45) is 1.51. The number of ether oxygens (including phenoxy) is 2. The largest absolute Gasteiger partial charge is 0.493 e. The first-order valence-electron chi connectivity index (χ1n) is 13.4. The Morgan fingerprint density at radius 3 is 2.43 bits per heavy atom. The van der Waals surface area contributed by atoms with Gasteiger partial charge in [0, 0.05) is 16.3 Å². The van der Waals surface area contributed by atoms with Crippen molar-refractivity contribution in [2.45, 2.75) is 6.92 Å². The van der Waals surface area contributed by atoms with Gasteiger partial charge in [-0.1, -0.05) is 84.4 Å². The minimum Gasteiger partial charge on any atom is -0.493 e. The van der Waals surface area contributed by atoms with Crippen molar-refractivity contribution < 1.29 is 19.1 Å². The molecule has 0 saturated carbocycles. The van der Waals surface area contributed by atoms with E-state index in [1.165, 1.54) is 13.3 Å². The number of amides is 1. The van der Waals surface area contributed by atoms with Crippen LogP contribution in [-0.4, -0.2) is 30.2 Å². The van der Waals surface area contributed by atoms with Gasteiger partial charge >= 0.3 is 5.97 Å². The summed E-state index contributed by atoms with van der Waals surface area (Å²) >= 11 is 0. The molecule has 1 aromatic heterocycles. The molecule has 0 bridgehead atoms. The van der Waals surface area contributed by atoms with Crippen molar-refractivity contribution in [2.75, 3.05) is 7.11 Å². The molecule has 42 heavy (non-hydrogen) atoms. The average Bonchev–Trinajstić information content (AvgIpc) is 3.42. The van der Waals surface area contributed by atoms with Crippen LogP contribution >= 0.6 is 0 Å². The van der Waals surface area contributed by atoms with Crippen molar-refractivity contribution in [3.05, 3.63) is 132 Å². The van der Waals surface area contributed by atoms with Crippen molar-refractivity contribution in [2.24, 2.45) is 5.10 Å². The van der Waals surface area contributed by atoms with E-state index in [1.807, 2.05) is 73.7 Å². The fourth-order valence-electron chi connectivity index (χ4n) is 5.01. The summed E-state index contributed by atoms with van der Waals surface area (Å²) in [6.45, 7) is 1.91. The van der Waals surface area contributed by atoms with Gasteiger partial charge in [-0.25, -0.2) is 10.2 Å². The number of carbonyl (C=O) groups excluding carboxylic acids is 2. The zero-order chi connectivity index (χ0) is 29.1. The molecule has 6 aromatic rings.